The molecule has 1 aliphatic heterocycles. The highest BCUT2D eigenvalue weighted by Crippen LogP contribution is 2.35. The van der Waals surface area contributed by atoms with Crippen LogP contribution < -0.4 is 5.32 Å². The van der Waals surface area contributed by atoms with Gasteiger partial charge >= 0.3 is 0 Å². The molecule has 0 unspecified atom stereocenters. The summed E-state index contributed by atoms with van der Waals surface area (Å²) in [4.78, 5) is 0. The molecular weight excluding hydrogens is 186 g/mol. The molecule has 0 aromatic rings. The van der Waals surface area contributed by atoms with E-state index in [0.717, 1.165) is 12.8 Å². The van der Waals surface area contributed by atoms with Gasteiger partial charge in [-0.1, -0.05) is 12.7 Å². The van der Waals surface area contributed by atoms with Gasteiger partial charge in [0, 0.05) is 17.0 Å². The molecule has 0 atom stereocenters. The fourth-order valence-corrected chi connectivity index (χ4v) is 2.79. The van der Waals surface area contributed by atoms with Crippen LogP contribution in [-0.4, -0.2) is 16.2 Å². The summed E-state index contributed by atoms with van der Waals surface area (Å²) in [5, 5.41) is 13.5. The van der Waals surface area contributed by atoms with Crippen LogP contribution in [0.15, 0.2) is 24.5 Å². The van der Waals surface area contributed by atoms with Crippen LogP contribution in [-0.2, 0) is 0 Å². The highest BCUT2D eigenvalue weighted by molar-refractivity contribution is 5.11. The molecule has 1 heterocycles. The molecule has 0 aromatic carbocycles. The van der Waals surface area contributed by atoms with Crippen LogP contribution in [0.3, 0.4) is 0 Å². The third-order valence-electron chi connectivity index (χ3n) is 2.90. The van der Waals surface area contributed by atoms with Crippen LogP contribution in [0.5, 0.6) is 0 Å². The Morgan fingerprint density at radius 3 is 2.13 bits per heavy atom. The molecule has 0 saturated carbocycles. The first-order valence-electron chi connectivity index (χ1n) is 5.57. The molecule has 0 spiro atoms. The summed E-state index contributed by atoms with van der Waals surface area (Å²) in [6.07, 6.45) is 5.29. The molecule has 0 aliphatic carbocycles. The van der Waals surface area contributed by atoms with Gasteiger partial charge in [0.15, 0.2) is 0 Å². The fraction of sp³-hybridized carbons (Fsp3) is 0.692. The van der Waals surface area contributed by atoms with Crippen LogP contribution >= 0.6 is 0 Å². The first kappa shape index (κ1) is 12.3. The average Bonchev–Trinajstić information content (AvgIpc) is 1.98. The van der Waals surface area contributed by atoms with Crippen LogP contribution in [0.1, 0.15) is 40.5 Å². The number of piperidine rings is 1. The highest BCUT2D eigenvalue weighted by Gasteiger charge is 2.38. The molecule has 0 aromatic heterocycles. The van der Waals surface area contributed by atoms with Crippen LogP contribution in [0, 0.1) is 5.92 Å². The van der Waals surface area contributed by atoms with Gasteiger partial charge in [-0.25, -0.2) is 0 Å². The van der Waals surface area contributed by atoms with Crippen molar-refractivity contribution >= 4 is 0 Å². The van der Waals surface area contributed by atoms with Gasteiger partial charge < -0.3 is 10.4 Å². The maximum Gasteiger partial charge on any atom is 0.0954 e. The number of hydrogen-bond donors (Lipinski definition) is 2. The summed E-state index contributed by atoms with van der Waals surface area (Å²) in [7, 11) is 0. The van der Waals surface area contributed by atoms with Gasteiger partial charge in [-0.05, 0) is 46.6 Å². The first-order valence-corrected chi connectivity index (χ1v) is 5.57. The summed E-state index contributed by atoms with van der Waals surface area (Å²) in [6, 6.07) is 0. The number of aliphatic hydroxyl groups excluding tert-OH is 1. The lowest BCUT2D eigenvalue weighted by molar-refractivity contribution is 0.120. The van der Waals surface area contributed by atoms with Gasteiger partial charge in [0.2, 0.25) is 0 Å². The number of rotatable bonds is 2. The summed E-state index contributed by atoms with van der Waals surface area (Å²) < 4.78 is 0. The normalized spacial score (nSPS) is 26.3. The zero-order chi connectivity index (χ0) is 11.7. The fourth-order valence-electron chi connectivity index (χ4n) is 2.79. The number of hydrogen-bond acceptors (Lipinski definition) is 2. The second-order valence-corrected chi connectivity index (χ2v) is 5.83. The van der Waals surface area contributed by atoms with Gasteiger partial charge in [-0.2, -0.15) is 0 Å². The molecule has 0 amide bonds. The molecule has 1 saturated heterocycles. The molecule has 86 valence electrons. The zero-order valence-corrected chi connectivity index (χ0v) is 10.3. The van der Waals surface area contributed by atoms with E-state index in [1.807, 2.05) is 0 Å². The van der Waals surface area contributed by atoms with Crippen molar-refractivity contribution in [3.8, 4) is 0 Å². The lowest BCUT2D eigenvalue weighted by atomic mass is 9.75. The van der Waals surface area contributed by atoms with E-state index in [2.05, 4.69) is 39.6 Å². The summed E-state index contributed by atoms with van der Waals surface area (Å²) in [6.45, 7) is 12.3. The Kier molecular flexibility index (Phi) is 3.29. The Morgan fingerprint density at radius 1 is 1.27 bits per heavy atom. The predicted molar refractivity (Wildman–Crippen MR) is 64.9 cm³/mol. The maximum atomic E-state index is 9.90. The Morgan fingerprint density at radius 2 is 1.73 bits per heavy atom. The van der Waals surface area contributed by atoms with Crippen molar-refractivity contribution in [2.24, 2.45) is 5.92 Å². The number of allylic oxidation sites excluding steroid dienone is 3. The third-order valence-corrected chi connectivity index (χ3v) is 2.90. The molecule has 0 radical (unpaired) electrons. The molecule has 15 heavy (non-hydrogen) atoms. The van der Waals surface area contributed by atoms with Gasteiger partial charge in [0.25, 0.3) is 0 Å². The van der Waals surface area contributed by atoms with Crippen molar-refractivity contribution in [2.45, 2.75) is 51.6 Å². The average molecular weight is 209 g/mol. The Balaban J connectivity index is 2.84. The lowest BCUT2D eigenvalue weighted by Gasteiger charge is -2.46. The van der Waals surface area contributed by atoms with Crippen LogP contribution in [0.25, 0.3) is 0 Å². The highest BCUT2D eigenvalue weighted by atomic mass is 16.3. The van der Waals surface area contributed by atoms with E-state index < -0.39 is 0 Å². The van der Waals surface area contributed by atoms with E-state index in [-0.39, 0.29) is 17.0 Å². The minimum atomic E-state index is 0.0788. The molecule has 2 heteroatoms. The number of aliphatic hydroxyl groups is 1. The molecule has 1 aliphatic rings. The van der Waals surface area contributed by atoms with Gasteiger partial charge in [-0.15, -0.1) is 0 Å². The molecule has 0 bridgehead atoms. The SMILES string of the molecule is C=CC=C(O)C1CC(C)(C)NC(C)(C)C1. The van der Waals surface area contributed by atoms with Crippen molar-refractivity contribution in [1.82, 2.24) is 5.32 Å². The Bertz CT molecular complexity index is 260. The van der Waals surface area contributed by atoms with E-state index in [9.17, 15) is 5.11 Å². The van der Waals surface area contributed by atoms with Crippen molar-refractivity contribution in [2.75, 3.05) is 0 Å². The van der Waals surface area contributed by atoms with E-state index in [1.165, 1.54) is 0 Å². The molecule has 2 nitrogen and oxygen atoms in total. The van der Waals surface area contributed by atoms with E-state index in [4.69, 9.17) is 0 Å². The van der Waals surface area contributed by atoms with Crippen LogP contribution in [0.2, 0.25) is 0 Å². The van der Waals surface area contributed by atoms with Crippen molar-refractivity contribution in [3.05, 3.63) is 24.5 Å². The third kappa shape index (κ3) is 3.38. The second-order valence-electron chi connectivity index (χ2n) is 5.83. The summed E-state index contributed by atoms with van der Waals surface area (Å²) >= 11 is 0. The first-order chi connectivity index (χ1) is 6.76. The molecule has 1 fully saturated rings. The van der Waals surface area contributed by atoms with Crippen molar-refractivity contribution in [1.29, 1.82) is 0 Å². The minimum Gasteiger partial charge on any atom is -0.512 e. The molecule has 2 N–H and O–H groups in total. The largest absolute Gasteiger partial charge is 0.512 e. The van der Waals surface area contributed by atoms with Crippen molar-refractivity contribution in [3.63, 3.8) is 0 Å². The minimum absolute atomic E-state index is 0.0788. The Hall–Kier alpha value is -0.760. The maximum absolute atomic E-state index is 9.90. The van der Waals surface area contributed by atoms with Gasteiger partial charge in [0.1, 0.15) is 0 Å². The van der Waals surface area contributed by atoms with Gasteiger partial charge in [0.05, 0.1) is 5.76 Å². The monoisotopic (exact) mass is 209 g/mol. The summed E-state index contributed by atoms with van der Waals surface area (Å²) in [5.74, 6) is 0.710. The van der Waals surface area contributed by atoms with E-state index >= 15 is 0 Å². The van der Waals surface area contributed by atoms with E-state index in [0.29, 0.717) is 5.76 Å². The quantitative estimate of drug-likeness (QED) is 0.541. The second kappa shape index (κ2) is 4.01. The van der Waals surface area contributed by atoms with E-state index in [1.54, 1.807) is 12.2 Å². The number of nitrogens with one attached hydrogen (secondary N) is 1. The zero-order valence-electron chi connectivity index (χ0n) is 10.3. The van der Waals surface area contributed by atoms with Gasteiger partial charge in [-0.3, -0.25) is 0 Å². The predicted octanol–water partition coefficient (Wildman–Crippen LogP) is 3.17. The molecular formula is C13H23NO. The standard InChI is InChI=1S/C13H23NO/c1-6-7-11(15)10-8-12(2,3)14-13(4,5)9-10/h6-7,10,14-15H,1,8-9H2,2-5H3. The Labute approximate surface area is 93.1 Å². The van der Waals surface area contributed by atoms with Crippen LogP contribution in [0.4, 0.5) is 0 Å². The van der Waals surface area contributed by atoms with Crippen molar-refractivity contribution < 1.29 is 5.11 Å². The topological polar surface area (TPSA) is 32.3 Å². The smallest absolute Gasteiger partial charge is 0.0954 e. The lowest BCUT2D eigenvalue weighted by Crippen LogP contribution is -2.58. The molecule has 1 rings (SSSR count). The summed E-state index contributed by atoms with van der Waals surface area (Å²) in [5.41, 5.74) is 0.158.